The summed E-state index contributed by atoms with van der Waals surface area (Å²) in [6.45, 7) is 0. The Bertz CT molecular complexity index is 292. The van der Waals surface area contributed by atoms with Crippen molar-refractivity contribution in [1.29, 1.82) is 5.26 Å². The summed E-state index contributed by atoms with van der Waals surface area (Å²) in [5.74, 6) is 0. The van der Waals surface area contributed by atoms with E-state index in [1.54, 1.807) is 17.5 Å². The molecule has 0 heterocycles. The van der Waals surface area contributed by atoms with Crippen LogP contribution in [0.15, 0.2) is 29.7 Å². The molecule has 1 nitrogen and oxygen atoms in total. The normalized spacial score (nSPS) is 9.82. The van der Waals surface area contributed by atoms with Gasteiger partial charge in [0.1, 0.15) is 0 Å². The zero-order valence-corrected chi connectivity index (χ0v) is 6.75. The molecule has 0 aromatic heterocycles. The zero-order valence-electron chi connectivity index (χ0n) is 5.86. The lowest BCUT2D eigenvalue weighted by Gasteiger charge is -1.90. The van der Waals surface area contributed by atoms with Gasteiger partial charge in [0.05, 0.1) is 11.6 Å². The fraction of sp³-hybridized carbons (Fsp3) is 0. The molecule has 0 bridgehead atoms. The number of rotatable bonds is 1. The summed E-state index contributed by atoms with van der Waals surface area (Å²) in [7, 11) is 0. The van der Waals surface area contributed by atoms with Crippen LogP contribution in [-0.2, 0) is 0 Å². The molecule has 0 N–H and O–H groups in total. The number of hydrogen-bond acceptors (Lipinski definition) is 2. The second kappa shape index (κ2) is 3.85. The Balaban J connectivity index is 2.94. The van der Waals surface area contributed by atoms with Crippen LogP contribution in [0, 0.1) is 11.3 Å². The summed E-state index contributed by atoms with van der Waals surface area (Å²) in [5.41, 5.74) is 1.74. The highest BCUT2D eigenvalue weighted by Gasteiger charge is 1.87. The van der Waals surface area contributed by atoms with Gasteiger partial charge in [-0.2, -0.15) is 17.9 Å². The summed E-state index contributed by atoms with van der Waals surface area (Å²) in [4.78, 5) is 0. The van der Waals surface area contributed by atoms with E-state index in [1.807, 2.05) is 18.2 Å². The lowest BCUT2D eigenvalue weighted by molar-refractivity contribution is 1.48. The predicted molar refractivity (Wildman–Crippen MR) is 49.2 cm³/mol. The maximum absolute atomic E-state index is 8.48. The van der Waals surface area contributed by atoms with E-state index in [9.17, 15) is 0 Å². The molecule has 1 aromatic rings. The van der Waals surface area contributed by atoms with E-state index < -0.39 is 0 Å². The first-order valence-corrected chi connectivity index (χ1v) is 3.69. The summed E-state index contributed by atoms with van der Waals surface area (Å²) in [6.07, 6.45) is 1.87. The fourth-order valence-corrected chi connectivity index (χ4v) is 0.927. The van der Waals surface area contributed by atoms with Crippen molar-refractivity contribution < 1.29 is 0 Å². The molecule has 0 saturated carbocycles. The molecule has 1 aromatic carbocycles. The van der Waals surface area contributed by atoms with Gasteiger partial charge in [-0.25, -0.2) is 0 Å². The second-order valence-corrected chi connectivity index (χ2v) is 2.35. The first-order valence-electron chi connectivity index (χ1n) is 3.18. The van der Waals surface area contributed by atoms with Crippen LogP contribution >= 0.6 is 12.6 Å². The lowest BCUT2D eigenvalue weighted by atomic mass is 10.1. The Kier molecular flexibility index (Phi) is 2.76. The average Bonchev–Trinajstić information content (AvgIpc) is 2.07. The van der Waals surface area contributed by atoms with Gasteiger partial charge in [0.2, 0.25) is 0 Å². The minimum Gasteiger partial charge on any atom is -0.192 e. The molecule has 0 radical (unpaired) electrons. The second-order valence-electron chi connectivity index (χ2n) is 2.05. The van der Waals surface area contributed by atoms with E-state index in [0.717, 1.165) is 5.56 Å². The minimum atomic E-state index is 0.682. The molecule has 11 heavy (non-hydrogen) atoms. The molecular weight excluding hydrogens is 154 g/mol. The number of hydrogen-bond donors (Lipinski definition) is 1. The van der Waals surface area contributed by atoms with Crippen LogP contribution in [-0.4, -0.2) is 0 Å². The Morgan fingerprint density at radius 1 is 1.27 bits per heavy atom. The highest BCUT2D eigenvalue weighted by atomic mass is 32.1. The molecular formula is C9H7NS. The molecule has 2 heteroatoms. The molecule has 0 aliphatic rings. The monoisotopic (exact) mass is 161 g/mol. The summed E-state index contributed by atoms with van der Waals surface area (Å²) in [6, 6.07) is 9.38. The number of nitriles is 1. The van der Waals surface area contributed by atoms with Gasteiger partial charge in [0.15, 0.2) is 0 Å². The highest BCUT2D eigenvalue weighted by molar-refractivity contribution is 7.83. The highest BCUT2D eigenvalue weighted by Crippen LogP contribution is 2.05. The van der Waals surface area contributed by atoms with Crippen LogP contribution in [0.1, 0.15) is 11.1 Å². The number of thiol groups is 1. The van der Waals surface area contributed by atoms with E-state index >= 15 is 0 Å². The smallest absolute Gasteiger partial charge is 0.0991 e. The number of nitrogens with zero attached hydrogens (tertiary/aromatic N) is 1. The van der Waals surface area contributed by atoms with Crippen LogP contribution in [0.5, 0.6) is 0 Å². The van der Waals surface area contributed by atoms with Crippen molar-refractivity contribution in [3.05, 3.63) is 40.8 Å². The summed E-state index contributed by atoms with van der Waals surface area (Å²) < 4.78 is 0. The third-order valence-electron chi connectivity index (χ3n) is 1.31. The molecule has 54 valence electrons. The lowest BCUT2D eigenvalue weighted by Crippen LogP contribution is -1.73. The topological polar surface area (TPSA) is 23.8 Å². The van der Waals surface area contributed by atoms with Crippen molar-refractivity contribution in [1.82, 2.24) is 0 Å². The van der Waals surface area contributed by atoms with E-state index in [1.165, 1.54) is 0 Å². The quantitative estimate of drug-likeness (QED) is 0.628. The van der Waals surface area contributed by atoms with Gasteiger partial charge < -0.3 is 0 Å². The maximum atomic E-state index is 8.48. The molecule has 0 aliphatic heterocycles. The molecule has 0 saturated heterocycles. The number of benzene rings is 1. The molecule has 0 fully saturated rings. The van der Waals surface area contributed by atoms with Crippen LogP contribution < -0.4 is 0 Å². The van der Waals surface area contributed by atoms with Gasteiger partial charge in [-0.1, -0.05) is 12.1 Å². The van der Waals surface area contributed by atoms with Gasteiger partial charge in [-0.3, -0.25) is 0 Å². The SMILES string of the molecule is N#Cc1ccc(/C=C/S)cc1. The molecule has 1 rings (SSSR count). The Hall–Kier alpha value is -1.20. The van der Waals surface area contributed by atoms with Crippen molar-refractivity contribution in [2.24, 2.45) is 0 Å². The maximum Gasteiger partial charge on any atom is 0.0991 e. The molecule has 0 spiro atoms. The van der Waals surface area contributed by atoms with Crippen molar-refractivity contribution in [3.63, 3.8) is 0 Å². The van der Waals surface area contributed by atoms with E-state index in [0.29, 0.717) is 5.56 Å². The molecule has 0 aliphatic carbocycles. The molecule has 0 unspecified atom stereocenters. The third-order valence-corrected chi connectivity index (χ3v) is 1.46. The Labute approximate surface area is 71.4 Å². The molecule has 0 amide bonds. The van der Waals surface area contributed by atoms with Gasteiger partial charge in [-0.15, -0.1) is 0 Å². The van der Waals surface area contributed by atoms with Crippen LogP contribution in [0.2, 0.25) is 0 Å². The van der Waals surface area contributed by atoms with E-state index in [2.05, 4.69) is 18.7 Å². The fourth-order valence-electron chi connectivity index (χ4n) is 0.755. The van der Waals surface area contributed by atoms with Gasteiger partial charge >= 0.3 is 0 Å². The van der Waals surface area contributed by atoms with Gasteiger partial charge in [-0.05, 0) is 29.2 Å². The largest absolute Gasteiger partial charge is 0.192 e. The summed E-state index contributed by atoms with van der Waals surface area (Å²) in [5, 5.41) is 10.1. The van der Waals surface area contributed by atoms with Gasteiger partial charge in [0.25, 0.3) is 0 Å². The standard InChI is InChI=1S/C9H7NS/c10-7-9-3-1-8(2-4-9)5-6-11/h1-6,11H/b6-5+. The Morgan fingerprint density at radius 2 is 1.91 bits per heavy atom. The zero-order chi connectivity index (χ0) is 8.10. The van der Waals surface area contributed by atoms with Crippen molar-refractivity contribution in [2.45, 2.75) is 0 Å². The average molecular weight is 161 g/mol. The van der Waals surface area contributed by atoms with Crippen LogP contribution in [0.3, 0.4) is 0 Å². The van der Waals surface area contributed by atoms with E-state index in [-0.39, 0.29) is 0 Å². The molecule has 0 atom stereocenters. The summed E-state index contributed by atoms with van der Waals surface area (Å²) >= 11 is 3.94. The predicted octanol–water partition coefficient (Wildman–Crippen LogP) is 2.46. The first kappa shape index (κ1) is 7.90. The van der Waals surface area contributed by atoms with Gasteiger partial charge in [0, 0.05) is 0 Å². The van der Waals surface area contributed by atoms with Crippen molar-refractivity contribution in [3.8, 4) is 6.07 Å². The van der Waals surface area contributed by atoms with Crippen LogP contribution in [0.25, 0.3) is 6.08 Å². The minimum absolute atomic E-state index is 0.682. The first-order chi connectivity index (χ1) is 5.36. The Morgan fingerprint density at radius 3 is 2.36 bits per heavy atom. The van der Waals surface area contributed by atoms with Crippen molar-refractivity contribution >= 4 is 18.7 Å². The van der Waals surface area contributed by atoms with Crippen molar-refractivity contribution in [2.75, 3.05) is 0 Å². The van der Waals surface area contributed by atoms with E-state index in [4.69, 9.17) is 5.26 Å². The van der Waals surface area contributed by atoms with Crippen LogP contribution in [0.4, 0.5) is 0 Å². The third kappa shape index (κ3) is 2.14.